The Labute approximate surface area is 265 Å². The van der Waals surface area contributed by atoms with Gasteiger partial charge in [0.15, 0.2) is 0 Å². The van der Waals surface area contributed by atoms with Crippen LogP contribution in [-0.4, -0.2) is 36.7 Å². The molecule has 0 atom stereocenters. The van der Waals surface area contributed by atoms with E-state index in [0.29, 0.717) is 9.75 Å². The third-order valence-electron chi connectivity index (χ3n) is 6.54. The summed E-state index contributed by atoms with van der Waals surface area (Å²) in [5.74, 6) is -2.53. The molecule has 5 heterocycles. The molecule has 1 aromatic carbocycles. The van der Waals surface area contributed by atoms with E-state index in [-0.39, 0.29) is 11.1 Å². The number of benzene rings is 1. The fourth-order valence-electron chi connectivity index (χ4n) is 4.62. The van der Waals surface area contributed by atoms with Gasteiger partial charge in [-0.2, -0.15) is 10.5 Å². The summed E-state index contributed by atoms with van der Waals surface area (Å²) in [6.07, 6.45) is 6.39. The average Bonchev–Trinajstić information content (AvgIpc) is 3.84. The first kappa shape index (κ1) is 28.9. The van der Waals surface area contributed by atoms with E-state index in [4.69, 9.17) is 20.7 Å². The summed E-state index contributed by atoms with van der Waals surface area (Å²) in [4.78, 5) is 36.8. The number of carbonyl (C=O) groups is 2. The molecule has 0 unspecified atom stereocenters. The minimum absolute atomic E-state index is 0.324. The van der Waals surface area contributed by atoms with Gasteiger partial charge in [-0.25, -0.2) is 19.6 Å². The zero-order chi connectivity index (χ0) is 31.0. The standard InChI is InChI=1S/C31H17N5O4S4/c1-36-26(24-14-34-28(43-24)22-8-6-18(41-22)10-16(12-32)30(37)38)20-4-2-3-5-21(20)27(36)25-15-35-29(44-25)23-9-7-19(42-23)11-17(13-33)31(39)40/h2-11,14-15H,1H3,(H,37,38)(H,39,40)/b16-10+,17-11+. The van der Waals surface area contributed by atoms with Gasteiger partial charge in [0, 0.05) is 40.0 Å². The number of thiazole rings is 2. The van der Waals surface area contributed by atoms with E-state index in [9.17, 15) is 9.59 Å². The first-order valence-electron chi connectivity index (χ1n) is 12.7. The average molecular weight is 652 g/mol. The Bertz CT molecular complexity index is 2090. The van der Waals surface area contributed by atoms with Crippen LogP contribution in [0.1, 0.15) is 9.75 Å². The number of thiophene rings is 2. The zero-order valence-electron chi connectivity index (χ0n) is 22.5. The molecular formula is C31H17N5O4S4. The summed E-state index contributed by atoms with van der Waals surface area (Å²) in [7, 11) is 2.01. The highest BCUT2D eigenvalue weighted by atomic mass is 32.1. The van der Waals surface area contributed by atoms with E-state index in [0.717, 1.165) is 51.7 Å². The van der Waals surface area contributed by atoms with Gasteiger partial charge in [0.1, 0.15) is 33.3 Å². The van der Waals surface area contributed by atoms with E-state index in [1.165, 1.54) is 57.5 Å². The number of aromatic nitrogens is 3. The number of carboxylic acids is 2. The van der Waals surface area contributed by atoms with E-state index < -0.39 is 11.9 Å². The summed E-state index contributed by atoms with van der Waals surface area (Å²) in [6, 6.07) is 18.9. The normalized spacial score (nSPS) is 11.9. The summed E-state index contributed by atoms with van der Waals surface area (Å²) in [5, 5.41) is 40.2. The molecule has 0 fully saturated rings. The van der Waals surface area contributed by atoms with Crippen LogP contribution in [0.15, 0.2) is 72.1 Å². The van der Waals surface area contributed by atoms with Crippen LogP contribution in [0.25, 0.3) is 63.8 Å². The molecule has 0 bridgehead atoms. The quantitative estimate of drug-likeness (QED) is 0.125. The van der Waals surface area contributed by atoms with Crippen LogP contribution in [0.5, 0.6) is 0 Å². The van der Waals surface area contributed by atoms with E-state index in [2.05, 4.69) is 26.7 Å². The molecule has 6 rings (SSSR count). The largest absolute Gasteiger partial charge is 0.477 e. The molecule has 2 N–H and O–H groups in total. The molecule has 44 heavy (non-hydrogen) atoms. The molecule has 0 saturated heterocycles. The molecule has 5 aromatic heterocycles. The molecule has 13 heteroatoms. The second-order valence-electron chi connectivity index (χ2n) is 9.22. The van der Waals surface area contributed by atoms with Gasteiger partial charge in [0.25, 0.3) is 0 Å². The molecule has 0 amide bonds. The summed E-state index contributed by atoms with van der Waals surface area (Å²) in [5.41, 5.74) is 1.36. The van der Waals surface area contributed by atoms with Crippen LogP contribution in [0.4, 0.5) is 0 Å². The van der Waals surface area contributed by atoms with Gasteiger partial charge < -0.3 is 14.8 Å². The Hall–Kier alpha value is -5.18. The van der Waals surface area contributed by atoms with E-state index in [1.807, 2.05) is 43.7 Å². The fourth-order valence-corrected chi connectivity index (χ4v) is 8.67. The predicted molar refractivity (Wildman–Crippen MR) is 174 cm³/mol. The van der Waals surface area contributed by atoms with Crippen molar-refractivity contribution in [3.05, 3.63) is 81.8 Å². The van der Waals surface area contributed by atoms with Crippen molar-refractivity contribution in [2.45, 2.75) is 0 Å². The second-order valence-corrected chi connectivity index (χ2v) is 13.5. The molecule has 214 valence electrons. The third kappa shape index (κ3) is 5.37. The number of aliphatic carboxylic acids is 2. The number of hydrogen-bond donors (Lipinski definition) is 2. The van der Waals surface area contributed by atoms with Crippen molar-refractivity contribution in [2.24, 2.45) is 7.05 Å². The van der Waals surface area contributed by atoms with Gasteiger partial charge in [-0.15, -0.1) is 45.3 Å². The van der Waals surface area contributed by atoms with Crippen molar-refractivity contribution in [1.82, 2.24) is 14.5 Å². The first-order chi connectivity index (χ1) is 21.3. The minimum Gasteiger partial charge on any atom is -0.477 e. The van der Waals surface area contributed by atoms with Gasteiger partial charge in [-0.05, 0) is 36.4 Å². The molecule has 6 aromatic rings. The van der Waals surface area contributed by atoms with E-state index >= 15 is 0 Å². The van der Waals surface area contributed by atoms with Crippen molar-refractivity contribution in [3.63, 3.8) is 0 Å². The lowest BCUT2D eigenvalue weighted by Crippen LogP contribution is -1.96. The molecule has 0 radical (unpaired) electrons. The van der Waals surface area contributed by atoms with Crippen LogP contribution >= 0.6 is 45.3 Å². The molecule has 0 aliphatic carbocycles. The number of nitriles is 2. The smallest absolute Gasteiger partial charge is 0.346 e. The monoisotopic (exact) mass is 651 g/mol. The fraction of sp³-hybridized carbons (Fsp3) is 0.0323. The highest BCUT2D eigenvalue weighted by Gasteiger charge is 2.22. The van der Waals surface area contributed by atoms with Crippen LogP contribution in [-0.2, 0) is 16.6 Å². The number of nitrogens with zero attached hydrogens (tertiary/aromatic N) is 5. The highest BCUT2D eigenvalue weighted by Crippen LogP contribution is 2.45. The number of rotatable bonds is 8. The lowest BCUT2D eigenvalue weighted by Gasteiger charge is -2.04. The van der Waals surface area contributed by atoms with Gasteiger partial charge in [-0.3, -0.25) is 0 Å². The maximum Gasteiger partial charge on any atom is 0.346 e. The minimum atomic E-state index is -1.26. The molecular weight excluding hydrogens is 635 g/mol. The SMILES string of the molecule is Cn1c(-c2cnc(-c3ccc(/C=C(\C#N)C(=O)O)s3)s2)c2ccccc2c1-c1cnc(-c2ccc(/C=C(\C#N)C(=O)O)s2)s1. The Morgan fingerprint density at radius 3 is 1.52 bits per heavy atom. The molecule has 0 saturated carbocycles. The molecule has 0 spiro atoms. The van der Waals surface area contributed by atoms with Crippen molar-refractivity contribution in [3.8, 4) is 53.1 Å². The highest BCUT2D eigenvalue weighted by molar-refractivity contribution is 7.24. The predicted octanol–water partition coefficient (Wildman–Crippen LogP) is 7.87. The number of carboxylic acid groups (broad SMARTS) is 2. The number of fused-ring (bicyclic) bond motifs is 1. The van der Waals surface area contributed by atoms with Gasteiger partial charge in [-0.1, -0.05) is 24.3 Å². The maximum atomic E-state index is 11.2. The molecule has 0 aliphatic rings. The van der Waals surface area contributed by atoms with Gasteiger partial charge in [0.05, 0.1) is 30.9 Å². The Morgan fingerprint density at radius 2 is 1.14 bits per heavy atom. The molecule has 0 aliphatic heterocycles. The maximum absolute atomic E-state index is 11.2. The zero-order valence-corrected chi connectivity index (χ0v) is 25.8. The van der Waals surface area contributed by atoms with E-state index in [1.54, 1.807) is 24.3 Å². The summed E-state index contributed by atoms with van der Waals surface area (Å²) < 4.78 is 2.14. The molecule has 9 nitrogen and oxygen atoms in total. The second kappa shape index (κ2) is 11.8. The van der Waals surface area contributed by atoms with Crippen molar-refractivity contribution < 1.29 is 19.8 Å². The Kier molecular flexibility index (Phi) is 7.78. The first-order valence-corrected chi connectivity index (χ1v) is 15.9. The van der Waals surface area contributed by atoms with Crippen molar-refractivity contribution in [1.29, 1.82) is 10.5 Å². The summed E-state index contributed by atoms with van der Waals surface area (Å²) in [6.45, 7) is 0. The lowest BCUT2D eigenvalue weighted by atomic mass is 10.1. The van der Waals surface area contributed by atoms with Gasteiger partial charge >= 0.3 is 11.9 Å². The van der Waals surface area contributed by atoms with Crippen LogP contribution in [0.3, 0.4) is 0 Å². The topological polar surface area (TPSA) is 153 Å². The van der Waals surface area contributed by atoms with Crippen LogP contribution < -0.4 is 0 Å². The lowest BCUT2D eigenvalue weighted by molar-refractivity contribution is -0.133. The van der Waals surface area contributed by atoms with Gasteiger partial charge in [0.2, 0.25) is 0 Å². The Morgan fingerprint density at radius 1 is 0.705 bits per heavy atom. The van der Waals surface area contributed by atoms with Crippen molar-refractivity contribution >= 4 is 80.2 Å². The summed E-state index contributed by atoms with van der Waals surface area (Å²) >= 11 is 5.80. The third-order valence-corrected chi connectivity index (χ3v) is 10.9. The number of hydrogen-bond acceptors (Lipinski definition) is 10. The van der Waals surface area contributed by atoms with Crippen LogP contribution in [0, 0.1) is 22.7 Å². The van der Waals surface area contributed by atoms with Crippen LogP contribution in [0.2, 0.25) is 0 Å². The Balaban J connectivity index is 1.36. The van der Waals surface area contributed by atoms with Crippen molar-refractivity contribution in [2.75, 3.05) is 0 Å².